The molecule has 7 heteroatoms. The zero-order valence-corrected chi connectivity index (χ0v) is 12.8. The molecule has 1 saturated heterocycles. The molecule has 0 spiro atoms. The standard InChI is InChI=1S/C16H17F2N3O2/c1-2-3-14-19-16(23-20-14)11-6-15(22)21(9-11)8-10-4-12(17)7-13(18)5-10/h4-5,7,11H,2-3,6,8-9H2,1H3. The van der Waals surface area contributed by atoms with Crippen LogP contribution in [0.5, 0.6) is 0 Å². The van der Waals surface area contributed by atoms with Gasteiger partial charge < -0.3 is 9.42 Å². The average Bonchev–Trinajstić information content (AvgIpc) is 3.06. The maximum absolute atomic E-state index is 13.2. The lowest BCUT2D eigenvalue weighted by atomic mass is 10.1. The topological polar surface area (TPSA) is 59.2 Å². The minimum absolute atomic E-state index is 0.0880. The molecule has 23 heavy (non-hydrogen) atoms. The highest BCUT2D eigenvalue weighted by Crippen LogP contribution is 2.28. The van der Waals surface area contributed by atoms with Crippen LogP contribution in [-0.2, 0) is 17.8 Å². The lowest BCUT2D eigenvalue weighted by molar-refractivity contribution is -0.128. The predicted octanol–water partition coefficient (Wildman–Crippen LogP) is 2.82. The average molecular weight is 321 g/mol. The zero-order valence-electron chi connectivity index (χ0n) is 12.8. The monoisotopic (exact) mass is 321 g/mol. The van der Waals surface area contributed by atoms with Crippen LogP contribution in [0, 0.1) is 11.6 Å². The van der Waals surface area contributed by atoms with E-state index >= 15 is 0 Å². The molecule has 1 atom stereocenters. The Labute approximate surface area is 132 Å². The summed E-state index contributed by atoms with van der Waals surface area (Å²) >= 11 is 0. The number of nitrogens with zero attached hydrogens (tertiary/aromatic N) is 3. The van der Waals surface area contributed by atoms with Crippen LogP contribution in [0.25, 0.3) is 0 Å². The molecule has 5 nitrogen and oxygen atoms in total. The summed E-state index contributed by atoms with van der Waals surface area (Å²) < 4.78 is 31.7. The second-order valence-electron chi connectivity index (χ2n) is 5.75. The molecule has 1 unspecified atom stereocenters. The van der Waals surface area contributed by atoms with Gasteiger partial charge in [-0.3, -0.25) is 4.79 Å². The van der Waals surface area contributed by atoms with Crippen LogP contribution in [0.15, 0.2) is 22.7 Å². The van der Waals surface area contributed by atoms with E-state index in [0.29, 0.717) is 23.8 Å². The van der Waals surface area contributed by atoms with Crippen LogP contribution in [-0.4, -0.2) is 27.5 Å². The number of hydrogen-bond acceptors (Lipinski definition) is 4. The number of benzene rings is 1. The largest absolute Gasteiger partial charge is 0.339 e. The highest BCUT2D eigenvalue weighted by atomic mass is 19.1. The number of carbonyl (C=O) groups is 1. The molecule has 0 aliphatic carbocycles. The lowest BCUT2D eigenvalue weighted by Gasteiger charge is -2.16. The molecule has 3 rings (SSSR count). The third-order valence-corrected chi connectivity index (χ3v) is 3.82. The molecular formula is C16H17F2N3O2. The number of rotatable bonds is 5. The Morgan fingerprint density at radius 1 is 1.30 bits per heavy atom. The highest BCUT2D eigenvalue weighted by molar-refractivity contribution is 5.79. The van der Waals surface area contributed by atoms with Gasteiger partial charge in [0.05, 0.1) is 5.92 Å². The summed E-state index contributed by atoms with van der Waals surface area (Å²) in [6.45, 7) is 2.60. The van der Waals surface area contributed by atoms with Crippen molar-refractivity contribution in [3.05, 3.63) is 47.1 Å². The van der Waals surface area contributed by atoms with E-state index in [9.17, 15) is 13.6 Å². The molecule has 122 valence electrons. The molecule has 1 fully saturated rings. The van der Waals surface area contributed by atoms with Gasteiger partial charge in [0.25, 0.3) is 0 Å². The molecule has 0 bridgehead atoms. The SMILES string of the molecule is CCCc1noc(C2CC(=O)N(Cc3cc(F)cc(F)c3)C2)n1. The minimum atomic E-state index is -0.649. The van der Waals surface area contributed by atoms with Gasteiger partial charge in [-0.15, -0.1) is 0 Å². The van der Waals surface area contributed by atoms with Crippen LogP contribution in [0.1, 0.15) is 43.0 Å². The normalized spacial score (nSPS) is 18.0. The van der Waals surface area contributed by atoms with E-state index in [4.69, 9.17) is 4.52 Å². The molecule has 2 aromatic rings. The van der Waals surface area contributed by atoms with Crippen molar-refractivity contribution in [3.63, 3.8) is 0 Å². The summed E-state index contributed by atoms with van der Waals surface area (Å²) in [5, 5.41) is 3.89. The van der Waals surface area contributed by atoms with Crippen LogP contribution >= 0.6 is 0 Å². The van der Waals surface area contributed by atoms with Gasteiger partial charge in [-0.1, -0.05) is 12.1 Å². The van der Waals surface area contributed by atoms with Gasteiger partial charge in [-0.25, -0.2) is 8.78 Å². The Kier molecular flexibility index (Phi) is 4.36. The fraction of sp³-hybridized carbons (Fsp3) is 0.438. The third-order valence-electron chi connectivity index (χ3n) is 3.82. The van der Waals surface area contributed by atoms with Gasteiger partial charge in [-0.05, 0) is 24.1 Å². The van der Waals surface area contributed by atoms with Gasteiger partial charge in [0.15, 0.2) is 5.82 Å². The van der Waals surface area contributed by atoms with E-state index in [1.807, 2.05) is 6.92 Å². The first-order chi connectivity index (χ1) is 11.0. The summed E-state index contributed by atoms with van der Waals surface area (Å²) in [4.78, 5) is 18.0. The Hall–Kier alpha value is -2.31. The van der Waals surface area contributed by atoms with Crippen LogP contribution in [0.3, 0.4) is 0 Å². The molecule has 0 saturated carbocycles. The van der Waals surface area contributed by atoms with Crippen molar-refractivity contribution in [1.29, 1.82) is 0 Å². The number of hydrogen-bond donors (Lipinski definition) is 0. The molecule has 1 aliphatic heterocycles. The maximum atomic E-state index is 13.2. The van der Waals surface area contributed by atoms with E-state index in [2.05, 4.69) is 10.1 Å². The molecule has 1 aromatic heterocycles. The smallest absolute Gasteiger partial charge is 0.232 e. The molecule has 0 radical (unpaired) electrons. The van der Waals surface area contributed by atoms with Crippen molar-refractivity contribution in [3.8, 4) is 0 Å². The van der Waals surface area contributed by atoms with Crippen molar-refractivity contribution >= 4 is 5.91 Å². The van der Waals surface area contributed by atoms with Crippen LogP contribution < -0.4 is 0 Å². The first-order valence-corrected chi connectivity index (χ1v) is 7.60. The van der Waals surface area contributed by atoms with E-state index in [0.717, 1.165) is 18.9 Å². The number of amides is 1. The quantitative estimate of drug-likeness (QED) is 0.849. The van der Waals surface area contributed by atoms with Gasteiger partial charge in [0.2, 0.25) is 11.8 Å². The molecule has 1 amide bonds. The number of halogens is 2. The summed E-state index contributed by atoms with van der Waals surface area (Å²) in [5.41, 5.74) is 0.425. The van der Waals surface area contributed by atoms with Crippen molar-refractivity contribution in [2.45, 2.75) is 38.6 Å². The van der Waals surface area contributed by atoms with Crippen molar-refractivity contribution < 1.29 is 18.1 Å². The minimum Gasteiger partial charge on any atom is -0.339 e. The van der Waals surface area contributed by atoms with Crippen LogP contribution in [0.4, 0.5) is 8.78 Å². The lowest BCUT2D eigenvalue weighted by Crippen LogP contribution is -2.24. The number of carbonyl (C=O) groups excluding carboxylic acids is 1. The Morgan fingerprint density at radius 3 is 2.74 bits per heavy atom. The van der Waals surface area contributed by atoms with E-state index in [-0.39, 0.29) is 24.8 Å². The van der Waals surface area contributed by atoms with Gasteiger partial charge in [0.1, 0.15) is 11.6 Å². The van der Waals surface area contributed by atoms with Crippen molar-refractivity contribution in [1.82, 2.24) is 15.0 Å². The molecule has 2 heterocycles. The number of likely N-dealkylation sites (tertiary alicyclic amines) is 1. The maximum Gasteiger partial charge on any atom is 0.232 e. The third kappa shape index (κ3) is 3.55. The molecule has 1 aliphatic rings. The number of aromatic nitrogens is 2. The summed E-state index contributed by atoms with van der Waals surface area (Å²) in [6, 6.07) is 3.28. The molecular weight excluding hydrogens is 304 g/mol. The predicted molar refractivity (Wildman–Crippen MR) is 77.4 cm³/mol. The van der Waals surface area contributed by atoms with Gasteiger partial charge in [0, 0.05) is 32.0 Å². The van der Waals surface area contributed by atoms with Crippen molar-refractivity contribution in [2.24, 2.45) is 0 Å². The summed E-state index contributed by atoms with van der Waals surface area (Å²) in [5.74, 6) is -0.460. The first-order valence-electron chi connectivity index (χ1n) is 7.60. The van der Waals surface area contributed by atoms with Gasteiger partial charge >= 0.3 is 0 Å². The fourth-order valence-corrected chi connectivity index (χ4v) is 2.77. The van der Waals surface area contributed by atoms with Crippen LogP contribution in [0.2, 0.25) is 0 Å². The summed E-state index contributed by atoms with van der Waals surface area (Å²) in [6.07, 6.45) is 1.92. The van der Waals surface area contributed by atoms with E-state index in [1.54, 1.807) is 4.90 Å². The molecule has 1 aromatic carbocycles. The van der Waals surface area contributed by atoms with E-state index < -0.39 is 11.6 Å². The second kappa shape index (κ2) is 6.44. The van der Waals surface area contributed by atoms with Crippen molar-refractivity contribution in [2.75, 3.05) is 6.54 Å². The zero-order chi connectivity index (χ0) is 16.4. The summed E-state index contributed by atoms with van der Waals surface area (Å²) in [7, 11) is 0. The highest BCUT2D eigenvalue weighted by Gasteiger charge is 2.34. The second-order valence-corrected chi connectivity index (χ2v) is 5.75. The Bertz CT molecular complexity index is 697. The number of aryl methyl sites for hydroxylation is 1. The Balaban J connectivity index is 1.69. The van der Waals surface area contributed by atoms with E-state index in [1.165, 1.54) is 12.1 Å². The fourth-order valence-electron chi connectivity index (χ4n) is 2.77. The molecule has 0 N–H and O–H groups in total. The van der Waals surface area contributed by atoms with Gasteiger partial charge in [-0.2, -0.15) is 4.98 Å². The first kappa shape index (κ1) is 15.6. The Morgan fingerprint density at radius 2 is 2.04 bits per heavy atom.